The minimum Gasteiger partial charge on any atom is -0.361 e. The van der Waals surface area contributed by atoms with Crippen LogP contribution in [0.25, 0.3) is 0 Å². The summed E-state index contributed by atoms with van der Waals surface area (Å²) in [5, 5.41) is 3.69. The van der Waals surface area contributed by atoms with Crippen LogP contribution in [0.1, 0.15) is 50.6 Å². The van der Waals surface area contributed by atoms with E-state index >= 15 is 0 Å². The summed E-state index contributed by atoms with van der Waals surface area (Å²) in [6.45, 7) is 4.99. The second kappa shape index (κ2) is 6.10. The van der Waals surface area contributed by atoms with E-state index in [1.54, 1.807) is 0 Å². The smallest absolute Gasteiger partial charge is 0.122 e. The third kappa shape index (κ3) is 3.83. The molecular weight excluding hydrogens is 236 g/mol. The van der Waals surface area contributed by atoms with E-state index in [1.165, 1.54) is 37.7 Å². The van der Waals surface area contributed by atoms with E-state index in [1.807, 2.05) is 0 Å². The molecule has 1 aromatic rings. The van der Waals surface area contributed by atoms with Gasteiger partial charge in [-0.15, -0.1) is 0 Å². The number of nitrogens with one attached hydrogen (secondary N) is 1. The maximum atomic E-state index is 5.74. The van der Waals surface area contributed by atoms with Gasteiger partial charge in [0.1, 0.15) is 6.73 Å². The lowest BCUT2D eigenvalue weighted by atomic mass is 10.1. The highest BCUT2D eigenvalue weighted by molar-refractivity contribution is 5.18. The summed E-state index contributed by atoms with van der Waals surface area (Å²) in [7, 11) is 0. The maximum absolute atomic E-state index is 5.74. The number of nitrogens with zero attached hydrogens (tertiary/aromatic N) is 1. The quantitative estimate of drug-likeness (QED) is 0.739. The van der Waals surface area contributed by atoms with Gasteiger partial charge in [-0.3, -0.25) is 0 Å². The highest BCUT2D eigenvalue weighted by Crippen LogP contribution is 2.41. The maximum Gasteiger partial charge on any atom is 0.122 e. The molecule has 0 amide bonds. The first-order valence-corrected chi connectivity index (χ1v) is 7.83. The van der Waals surface area contributed by atoms with Crippen LogP contribution in [0.15, 0.2) is 18.5 Å². The zero-order valence-corrected chi connectivity index (χ0v) is 12.0. The van der Waals surface area contributed by atoms with Crippen LogP contribution in [0.3, 0.4) is 0 Å². The zero-order valence-electron chi connectivity index (χ0n) is 12.0. The first-order valence-electron chi connectivity index (χ1n) is 7.83. The van der Waals surface area contributed by atoms with Gasteiger partial charge in [0.2, 0.25) is 0 Å². The first kappa shape index (κ1) is 13.2. The summed E-state index contributed by atoms with van der Waals surface area (Å²) in [5.41, 5.74) is 1.44. The van der Waals surface area contributed by atoms with Crippen LogP contribution in [0.4, 0.5) is 0 Å². The molecule has 0 radical (unpaired) electrons. The molecule has 106 valence electrons. The van der Waals surface area contributed by atoms with E-state index < -0.39 is 0 Å². The van der Waals surface area contributed by atoms with Gasteiger partial charge in [0, 0.05) is 18.4 Å². The van der Waals surface area contributed by atoms with E-state index in [-0.39, 0.29) is 0 Å². The molecule has 2 saturated carbocycles. The molecule has 19 heavy (non-hydrogen) atoms. The van der Waals surface area contributed by atoms with Gasteiger partial charge in [-0.25, -0.2) is 0 Å². The second-order valence-electron chi connectivity index (χ2n) is 6.17. The van der Waals surface area contributed by atoms with Crippen molar-refractivity contribution in [2.24, 2.45) is 11.8 Å². The molecule has 0 aromatic carbocycles. The van der Waals surface area contributed by atoms with E-state index in [2.05, 4.69) is 35.3 Å². The summed E-state index contributed by atoms with van der Waals surface area (Å²) < 4.78 is 7.92. The SMILES string of the molecule is CCCNC(c1ccn(COCC2CC2)c1)C1CC1. The Morgan fingerprint density at radius 2 is 2.21 bits per heavy atom. The van der Waals surface area contributed by atoms with Gasteiger partial charge in [0.05, 0.1) is 6.61 Å². The van der Waals surface area contributed by atoms with Crippen LogP contribution in [0.5, 0.6) is 0 Å². The fraction of sp³-hybridized carbons (Fsp3) is 0.750. The summed E-state index contributed by atoms with van der Waals surface area (Å²) in [6.07, 6.45) is 11.1. The average Bonchev–Trinajstić information content (AvgIpc) is 3.31. The Hall–Kier alpha value is -0.800. The molecule has 1 aromatic heterocycles. The van der Waals surface area contributed by atoms with Gasteiger partial charge >= 0.3 is 0 Å². The van der Waals surface area contributed by atoms with Crippen molar-refractivity contribution in [3.63, 3.8) is 0 Å². The van der Waals surface area contributed by atoms with Gasteiger partial charge in [-0.05, 0) is 62.1 Å². The Labute approximate surface area is 116 Å². The van der Waals surface area contributed by atoms with Gasteiger partial charge in [0.25, 0.3) is 0 Å². The van der Waals surface area contributed by atoms with Gasteiger partial charge in [-0.2, -0.15) is 0 Å². The van der Waals surface area contributed by atoms with Crippen molar-refractivity contribution in [2.45, 2.75) is 51.8 Å². The number of hydrogen-bond donors (Lipinski definition) is 1. The molecule has 0 bridgehead atoms. The van der Waals surface area contributed by atoms with Crippen LogP contribution >= 0.6 is 0 Å². The van der Waals surface area contributed by atoms with Crippen LogP contribution in [-0.4, -0.2) is 17.7 Å². The molecule has 0 spiro atoms. The Kier molecular flexibility index (Phi) is 4.24. The molecule has 3 rings (SSSR count). The molecule has 0 saturated heterocycles. The van der Waals surface area contributed by atoms with Gasteiger partial charge < -0.3 is 14.6 Å². The molecule has 1 atom stereocenters. The highest BCUT2D eigenvalue weighted by Gasteiger charge is 2.32. The fourth-order valence-electron chi connectivity index (χ4n) is 2.62. The second-order valence-corrected chi connectivity index (χ2v) is 6.17. The summed E-state index contributed by atoms with van der Waals surface area (Å²) in [4.78, 5) is 0. The van der Waals surface area contributed by atoms with Crippen molar-refractivity contribution in [1.82, 2.24) is 9.88 Å². The standard InChI is InChI=1S/C16H26N2O/c1-2-8-17-16(14-5-6-14)15-7-9-18(10-15)12-19-11-13-3-4-13/h7,9-10,13-14,16-17H,2-6,8,11-12H2,1H3. The van der Waals surface area contributed by atoms with E-state index in [9.17, 15) is 0 Å². The Bertz CT molecular complexity index is 393. The van der Waals surface area contributed by atoms with E-state index in [0.717, 1.165) is 25.0 Å². The van der Waals surface area contributed by atoms with Crippen molar-refractivity contribution in [2.75, 3.05) is 13.2 Å². The minimum absolute atomic E-state index is 0.560. The molecule has 3 heteroatoms. The topological polar surface area (TPSA) is 26.2 Å². The Morgan fingerprint density at radius 1 is 1.37 bits per heavy atom. The van der Waals surface area contributed by atoms with Crippen molar-refractivity contribution < 1.29 is 4.74 Å². The van der Waals surface area contributed by atoms with Crippen LogP contribution in [0, 0.1) is 11.8 Å². The van der Waals surface area contributed by atoms with E-state index in [4.69, 9.17) is 4.74 Å². The fourth-order valence-corrected chi connectivity index (χ4v) is 2.62. The highest BCUT2D eigenvalue weighted by atomic mass is 16.5. The van der Waals surface area contributed by atoms with Gasteiger partial charge in [-0.1, -0.05) is 6.92 Å². The van der Waals surface area contributed by atoms with Crippen molar-refractivity contribution in [1.29, 1.82) is 0 Å². The zero-order chi connectivity index (χ0) is 13.1. The lowest BCUT2D eigenvalue weighted by molar-refractivity contribution is 0.0691. The van der Waals surface area contributed by atoms with Crippen LogP contribution in [-0.2, 0) is 11.5 Å². The largest absolute Gasteiger partial charge is 0.361 e. The third-order valence-corrected chi connectivity index (χ3v) is 4.13. The predicted molar refractivity (Wildman–Crippen MR) is 76.9 cm³/mol. The molecule has 0 aliphatic heterocycles. The Morgan fingerprint density at radius 3 is 2.89 bits per heavy atom. The molecule has 1 unspecified atom stereocenters. The summed E-state index contributed by atoms with van der Waals surface area (Å²) in [5.74, 6) is 1.70. The lowest BCUT2D eigenvalue weighted by Gasteiger charge is -2.16. The first-order chi connectivity index (χ1) is 9.36. The monoisotopic (exact) mass is 262 g/mol. The molecule has 2 aliphatic rings. The molecule has 1 heterocycles. The van der Waals surface area contributed by atoms with Crippen LogP contribution < -0.4 is 5.32 Å². The molecular formula is C16H26N2O. The predicted octanol–water partition coefficient (Wildman–Crippen LogP) is 3.32. The summed E-state index contributed by atoms with van der Waals surface area (Å²) in [6, 6.07) is 2.82. The number of ether oxygens (including phenoxy) is 1. The minimum atomic E-state index is 0.560. The summed E-state index contributed by atoms with van der Waals surface area (Å²) >= 11 is 0. The van der Waals surface area contributed by atoms with Gasteiger partial charge in [0.15, 0.2) is 0 Å². The van der Waals surface area contributed by atoms with Crippen molar-refractivity contribution in [3.05, 3.63) is 24.0 Å². The average molecular weight is 262 g/mol. The molecule has 2 aliphatic carbocycles. The molecule has 3 nitrogen and oxygen atoms in total. The van der Waals surface area contributed by atoms with E-state index in [0.29, 0.717) is 12.8 Å². The Balaban J connectivity index is 1.51. The van der Waals surface area contributed by atoms with Crippen molar-refractivity contribution in [3.8, 4) is 0 Å². The number of aromatic nitrogens is 1. The lowest BCUT2D eigenvalue weighted by Crippen LogP contribution is -2.23. The normalized spacial score (nSPS) is 20.7. The van der Waals surface area contributed by atoms with Crippen molar-refractivity contribution >= 4 is 0 Å². The molecule has 2 fully saturated rings. The van der Waals surface area contributed by atoms with Crippen LogP contribution in [0.2, 0.25) is 0 Å². The molecule has 1 N–H and O–H groups in total. The number of rotatable bonds is 9. The number of hydrogen-bond acceptors (Lipinski definition) is 2. The third-order valence-electron chi connectivity index (χ3n) is 4.13.